The van der Waals surface area contributed by atoms with Crippen LogP contribution in [0.2, 0.25) is 0 Å². The van der Waals surface area contributed by atoms with Crippen LogP contribution < -0.4 is 20.3 Å². The van der Waals surface area contributed by atoms with Crippen LogP contribution in [0.4, 0.5) is 17.1 Å². The van der Waals surface area contributed by atoms with E-state index >= 15 is 0 Å². The van der Waals surface area contributed by atoms with Crippen molar-refractivity contribution in [3.63, 3.8) is 0 Å². The summed E-state index contributed by atoms with van der Waals surface area (Å²) < 4.78 is 5.37. The lowest BCUT2D eigenvalue weighted by atomic mass is 10.1. The molecule has 0 bridgehead atoms. The van der Waals surface area contributed by atoms with Gasteiger partial charge in [-0.25, -0.2) is 0 Å². The first-order chi connectivity index (χ1) is 13.4. The molecule has 7 nitrogen and oxygen atoms in total. The lowest BCUT2D eigenvalue weighted by Crippen LogP contribution is -2.29. The number of nitrogens with one attached hydrogen (secondary N) is 2. The molecule has 0 radical (unpaired) electrons. The average molecular weight is 381 g/mol. The van der Waals surface area contributed by atoms with E-state index in [4.69, 9.17) is 4.74 Å². The van der Waals surface area contributed by atoms with Crippen molar-refractivity contribution in [2.24, 2.45) is 0 Å². The van der Waals surface area contributed by atoms with Crippen LogP contribution in [0.3, 0.4) is 0 Å². The van der Waals surface area contributed by atoms with Gasteiger partial charge in [-0.05, 0) is 55.7 Å². The van der Waals surface area contributed by atoms with Gasteiger partial charge in [0.1, 0.15) is 5.75 Å². The molecule has 0 atom stereocenters. The van der Waals surface area contributed by atoms with Crippen molar-refractivity contribution >= 4 is 34.8 Å². The molecule has 2 aromatic carbocycles. The predicted molar refractivity (Wildman–Crippen MR) is 108 cm³/mol. The molecule has 7 heteroatoms. The van der Waals surface area contributed by atoms with E-state index in [1.807, 2.05) is 19.9 Å². The van der Waals surface area contributed by atoms with Gasteiger partial charge in [0.2, 0.25) is 5.91 Å². The molecule has 146 valence electrons. The Kier molecular flexibility index (Phi) is 5.63. The molecular formula is C21H23N3O4. The van der Waals surface area contributed by atoms with Crippen LogP contribution in [0.15, 0.2) is 36.4 Å². The third kappa shape index (κ3) is 4.31. The number of rotatable bonds is 4. The van der Waals surface area contributed by atoms with Crippen molar-refractivity contribution in [1.29, 1.82) is 0 Å². The normalized spacial score (nSPS) is 13.4. The molecule has 1 aliphatic heterocycles. The van der Waals surface area contributed by atoms with Crippen LogP contribution in [0.25, 0.3) is 0 Å². The monoisotopic (exact) mass is 381 g/mol. The molecule has 0 saturated carbocycles. The SMILES string of the molecule is COc1cc(NC(=O)C(=O)Nc2cc(C)cc(C)c2)ccc1N1CCCC1=O. The Hall–Kier alpha value is -3.35. The molecule has 28 heavy (non-hydrogen) atoms. The van der Waals surface area contributed by atoms with Gasteiger partial charge in [-0.3, -0.25) is 14.4 Å². The molecule has 1 fully saturated rings. The van der Waals surface area contributed by atoms with Crippen LogP contribution in [-0.2, 0) is 14.4 Å². The summed E-state index contributed by atoms with van der Waals surface area (Å²) in [6, 6.07) is 10.5. The third-order valence-corrected chi connectivity index (χ3v) is 4.49. The Morgan fingerprint density at radius 2 is 1.61 bits per heavy atom. The minimum absolute atomic E-state index is 0.0444. The van der Waals surface area contributed by atoms with Crippen molar-refractivity contribution in [3.05, 3.63) is 47.5 Å². The molecule has 0 unspecified atom stereocenters. The molecule has 0 spiro atoms. The molecule has 3 amide bonds. The van der Waals surface area contributed by atoms with Crippen LogP contribution in [-0.4, -0.2) is 31.4 Å². The smallest absolute Gasteiger partial charge is 0.314 e. The van der Waals surface area contributed by atoms with E-state index in [1.54, 1.807) is 35.2 Å². The summed E-state index contributed by atoms with van der Waals surface area (Å²) in [5.74, 6) is -1.04. The van der Waals surface area contributed by atoms with Crippen LogP contribution >= 0.6 is 0 Å². The summed E-state index contributed by atoms with van der Waals surface area (Å²) in [6.45, 7) is 4.47. The quantitative estimate of drug-likeness (QED) is 0.797. The van der Waals surface area contributed by atoms with E-state index in [9.17, 15) is 14.4 Å². The number of anilines is 3. The van der Waals surface area contributed by atoms with Gasteiger partial charge in [-0.1, -0.05) is 6.07 Å². The number of hydrogen-bond acceptors (Lipinski definition) is 4. The molecular weight excluding hydrogens is 358 g/mol. The number of ether oxygens (including phenoxy) is 1. The molecule has 0 aromatic heterocycles. The Morgan fingerprint density at radius 1 is 0.964 bits per heavy atom. The summed E-state index contributed by atoms with van der Waals surface area (Å²) in [6.07, 6.45) is 1.32. The fraction of sp³-hybridized carbons (Fsp3) is 0.286. The zero-order valence-corrected chi connectivity index (χ0v) is 16.2. The predicted octanol–water partition coefficient (Wildman–Crippen LogP) is 3.02. The van der Waals surface area contributed by atoms with Crippen molar-refractivity contribution in [1.82, 2.24) is 0 Å². The zero-order valence-electron chi connectivity index (χ0n) is 16.2. The molecule has 1 saturated heterocycles. The lowest BCUT2D eigenvalue weighted by Gasteiger charge is -2.19. The number of nitrogens with zero attached hydrogens (tertiary/aromatic N) is 1. The lowest BCUT2D eigenvalue weighted by molar-refractivity contribution is -0.132. The van der Waals surface area contributed by atoms with Crippen molar-refractivity contribution < 1.29 is 19.1 Å². The second-order valence-corrected chi connectivity index (χ2v) is 6.82. The summed E-state index contributed by atoms with van der Waals surface area (Å²) in [5, 5.41) is 5.16. The highest BCUT2D eigenvalue weighted by molar-refractivity contribution is 6.43. The number of benzene rings is 2. The summed E-state index contributed by atoms with van der Waals surface area (Å²) in [7, 11) is 1.50. The second kappa shape index (κ2) is 8.12. The highest BCUT2D eigenvalue weighted by Gasteiger charge is 2.25. The average Bonchev–Trinajstić information content (AvgIpc) is 3.06. The maximum Gasteiger partial charge on any atom is 0.314 e. The van der Waals surface area contributed by atoms with Gasteiger partial charge in [-0.15, -0.1) is 0 Å². The summed E-state index contributed by atoms with van der Waals surface area (Å²) in [4.78, 5) is 38.1. The first kappa shape index (κ1) is 19.4. The molecule has 2 aromatic rings. The summed E-state index contributed by atoms with van der Waals surface area (Å²) in [5.41, 5.74) is 3.62. The van der Waals surface area contributed by atoms with E-state index < -0.39 is 11.8 Å². The van der Waals surface area contributed by atoms with Crippen LogP contribution in [0, 0.1) is 13.8 Å². The van der Waals surface area contributed by atoms with Gasteiger partial charge in [0, 0.05) is 30.4 Å². The van der Waals surface area contributed by atoms with Gasteiger partial charge in [0.25, 0.3) is 0 Å². The van der Waals surface area contributed by atoms with Gasteiger partial charge < -0.3 is 20.3 Å². The first-order valence-corrected chi connectivity index (χ1v) is 9.06. The largest absolute Gasteiger partial charge is 0.494 e. The fourth-order valence-corrected chi connectivity index (χ4v) is 3.30. The van der Waals surface area contributed by atoms with Crippen molar-refractivity contribution in [2.75, 3.05) is 29.2 Å². The third-order valence-electron chi connectivity index (χ3n) is 4.49. The number of carbonyl (C=O) groups is 3. The molecule has 1 aliphatic rings. The molecule has 2 N–H and O–H groups in total. The van der Waals surface area contributed by atoms with Crippen LogP contribution in [0.1, 0.15) is 24.0 Å². The number of hydrogen-bond donors (Lipinski definition) is 2. The van der Waals surface area contributed by atoms with E-state index in [0.29, 0.717) is 35.8 Å². The Labute approximate surface area is 163 Å². The second-order valence-electron chi connectivity index (χ2n) is 6.82. The fourth-order valence-electron chi connectivity index (χ4n) is 3.30. The maximum absolute atomic E-state index is 12.3. The molecule has 3 rings (SSSR count). The van der Waals surface area contributed by atoms with Gasteiger partial charge in [0.15, 0.2) is 0 Å². The van der Waals surface area contributed by atoms with Gasteiger partial charge in [0.05, 0.1) is 12.8 Å². The maximum atomic E-state index is 12.3. The van der Waals surface area contributed by atoms with E-state index in [2.05, 4.69) is 10.6 Å². The standard InChI is InChI=1S/C21H23N3O4/c1-13-9-14(2)11-16(10-13)23-21(27)20(26)22-15-6-7-17(18(12-15)28-3)24-8-4-5-19(24)25/h6-7,9-12H,4-5,8H2,1-3H3,(H,22,26)(H,23,27). The van der Waals surface area contributed by atoms with Crippen molar-refractivity contribution in [2.45, 2.75) is 26.7 Å². The van der Waals surface area contributed by atoms with Gasteiger partial charge in [-0.2, -0.15) is 0 Å². The topological polar surface area (TPSA) is 87.7 Å². The number of methoxy groups -OCH3 is 1. The van der Waals surface area contributed by atoms with Gasteiger partial charge >= 0.3 is 11.8 Å². The highest BCUT2D eigenvalue weighted by atomic mass is 16.5. The minimum atomic E-state index is -0.786. The number of amides is 3. The van der Waals surface area contributed by atoms with Crippen LogP contribution in [0.5, 0.6) is 5.75 Å². The number of carbonyl (C=O) groups excluding carboxylic acids is 3. The Bertz CT molecular complexity index is 919. The molecule has 0 aliphatic carbocycles. The summed E-state index contributed by atoms with van der Waals surface area (Å²) >= 11 is 0. The number of aryl methyl sites for hydroxylation is 2. The minimum Gasteiger partial charge on any atom is -0.494 e. The zero-order chi connectivity index (χ0) is 20.3. The van der Waals surface area contributed by atoms with E-state index in [1.165, 1.54) is 7.11 Å². The Morgan fingerprint density at radius 3 is 2.18 bits per heavy atom. The van der Waals surface area contributed by atoms with E-state index in [0.717, 1.165) is 17.5 Å². The highest BCUT2D eigenvalue weighted by Crippen LogP contribution is 2.33. The first-order valence-electron chi connectivity index (χ1n) is 9.06. The molecule has 1 heterocycles. The Balaban J connectivity index is 1.71. The van der Waals surface area contributed by atoms with E-state index in [-0.39, 0.29) is 5.91 Å². The van der Waals surface area contributed by atoms with Crippen molar-refractivity contribution in [3.8, 4) is 5.75 Å².